The fourth-order valence-corrected chi connectivity index (χ4v) is 11.2. The van der Waals surface area contributed by atoms with Gasteiger partial charge in [-0.1, -0.05) is 81.6 Å². The molecule has 6 rings (SSSR count). The topological polar surface area (TPSA) is 195 Å². The molecule has 0 unspecified atom stereocenters. The Morgan fingerprint density at radius 3 is 2.30 bits per heavy atom. The Bertz CT molecular complexity index is 2790. The lowest BCUT2D eigenvalue weighted by molar-refractivity contribution is -0.144. The number of aliphatic hydroxyl groups excluding tert-OH is 1. The second kappa shape index (κ2) is 25.0. The minimum atomic E-state index is -2.59. The predicted molar refractivity (Wildman–Crippen MR) is 294 cm³/mol. The zero-order valence-electron chi connectivity index (χ0n) is 43.8. The second-order valence-corrected chi connectivity index (χ2v) is 25.0. The summed E-state index contributed by atoms with van der Waals surface area (Å²) in [6, 6.07) is 19.3. The van der Waals surface area contributed by atoms with E-state index in [-0.39, 0.29) is 49.1 Å². The third-order valence-corrected chi connectivity index (χ3v) is 16.1. The van der Waals surface area contributed by atoms with Crippen LogP contribution in [0.2, 0.25) is 5.02 Å². The molecule has 392 valence electrons. The molecule has 5 aromatic rings. The van der Waals surface area contributed by atoms with Crippen molar-refractivity contribution < 1.29 is 33.6 Å². The summed E-state index contributed by atoms with van der Waals surface area (Å²) in [4.78, 5) is 67.7. The molecule has 1 aliphatic heterocycles. The molecule has 2 aromatic heterocycles. The standard InChI is InChI=1S/C55H72ClN8O7PS/c1-34-26-28-73-49(34)38-23-21-37(22-24-38)36(3)58-52(68)44-31-40(65)33-64(44)53(69)50(55(4,5)6)61-47(66)19-13-11-12-14-20-48(67)63(7)27-25-39-30-45(71-8)43(29-35(39)2)60-54-57-32-41(56)51(62-54)59-42-17-15-16-18-46(42)72(9,10)70/h15-18,21-24,26,28-30,32,36,40,44,50,65H,11-14,19-20,25,27,31,33H2,1-10H3,(H,58,68)(H,61,66)(H2,57,59,60,62)/t36-,40+,44+,50+/m0/s1. The molecule has 1 saturated heterocycles. The van der Waals surface area contributed by atoms with Crippen LogP contribution in [0.5, 0.6) is 5.75 Å². The molecule has 0 spiro atoms. The normalized spacial score (nSPS) is 15.6. The Morgan fingerprint density at radius 1 is 0.945 bits per heavy atom. The van der Waals surface area contributed by atoms with Gasteiger partial charge in [-0.25, -0.2) is 4.98 Å². The highest BCUT2D eigenvalue weighted by molar-refractivity contribution is 7.70. The summed E-state index contributed by atoms with van der Waals surface area (Å²) in [6.07, 6.45) is 4.70. The van der Waals surface area contributed by atoms with E-state index in [1.807, 2.05) is 95.3 Å². The lowest BCUT2D eigenvalue weighted by atomic mass is 9.85. The Morgan fingerprint density at radius 2 is 1.64 bits per heavy atom. The first-order chi connectivity index (χ1) is 34.5. The van der Waals surface area contributed by atoms with E-state index in [2.05, 4.69) is 49.6 Å². The summed E-state index contributed by atoms with van der Waals surface area (Å²) in [5.41, 5.74) is 5.89. The van der Waals surface area contributed by atoms with Gasteiger partial charge in [0.25, 0.3) is 0 Å². The number of benzene rings is 3. The van der Waals surface area contributed by atoms with E-state index in [4.69, 9.17) is 16.3 Å². The molecule has 4 atom stereocenters. The zero-order valence-corrected chi connectivity index (χ0v) is 46.3. The molecule has 0 saturated carbocycles. The Balaban J connectivity index is 0.930. The van der Waals surface area contributed by atoms with Crippen molar-refractivity contribution in [3.05, 3.63) is 106 Å². The van der Waals surface area contributed by atoms with Crippen LogP contribution in [-0.2, 0) is 30.2 Å². The van der Waals surface area contributed by atoms with Gasteiger partial charge in [0.05, 0.1) is 36.8 Å². The number of thiophene rings is 1. The van der Waals surface area contributed by atoms with Gasteiger partial charge in [0.15, 0.2) is 5.82 Å². The average molecular weight is 1060 g/mol. The van der Waals surface area contributed by atoms with Gasteiger partial charge < -0.3 is 45.5 Å². The summed E-state index contributed by atoms with van der Waals surface area (Å²) in [5.74, 6) is 0.240. The number of aryl methyl sites for hydroxylation is 2. The first kappa shape index (κ1) is 56.5. The number of halogens is 1. The average Bonchev–Trinajstić information content (AvgIpc) is 3.96. The maximum Gasteiger partial charge on any atom is 0.246 e. The van der Waals surface area contributed by atoms with E-state index in [1.165, 1.54) is 21.5 Å². The van der Waals surface area contributed by atoms with Gasteiger partial charge in [0.2, 0.25) is 29.6 Å². The Kier molecular flexibility index (Phi) is 19.3. The van der Waals surface area contributed by atoms with Gasteiger partial charge >= 0.3 is 0 Å². The van der Waals surface area contributed by atoms with Crippen molar-refractivity contribution in [3.63, 3.8) is 0 Å². The molecule has 3 aromatic carbocycles. The van der Waals surface area contributed by atoms with Crippen molar-refractivity contribution in [1.29, 1.82) is 0 Å². The maximum atomic E-state index is 14.2. The number of amides is 4. The van der Waals surface area contributed by atoms with E-state index < -0.39 is 36.7 Å². The fraction of sp³-hybridized carbons (Fsp3) is 0.455. The largest absolute Gasteiger partial charge is 0.495 e. The molecule has 73 heavy (non-hydrogen) atoms. The predicted octanol–water partition coefficient (Wildman–Crippen LogP) is 9.93. The van der Waals surface area contributed by atoms with Crippen LogP contribution >= 0.6 is 30.1 Å². The van der Waals surface area contributed by atoms with Crippen molar-refractivity contribution in [1.82, 2.24) is 30.4 Å². The Hall–Kier alpha value is -5.80. The van der Waals surface area contributed by atoms with E-state index in [1.54, 1.807) is 43.7 Å². The number of unbranched alkanes of at least 4 members (excludes halogenated alkanes) is 3. The van der Waals surface area contributed by atoms with Crippen LogP contribution in [0.1, 0.15) is 101 Å². The number of hydrogen-bond donors (Lipinski definition) is 5. The number of aromatic nitrogens is 2. The van der Waals surface area contributed by atoms with Crippen molar-refractivity contribution in [2.24, 2.45) is 5.41 Å². The van der Waals surface area contributed by atoms with Gasteiger partial charge in [0, 0.05) is 49.6 Å². The number of carbonyl (C=O) groups excluding carboxylic acids is 4. The Labute approximate surface area is 439 Å². The summed E-state index contributed by atoms with van der Waals surface area (Å²) in [6.45, 7) is 15.5. The highest BCUT2D eigenvalue weighted by Crippen LogP contribution is 2.39. The highest BCUT2D eigenvalue weighted by atomic mass is 35.5. The van der Waals surface area contributed by atoms with Gasteiger partial charge in [-0.3, -0.25) is 19.2 Å². The third kappa shape index (κ3) is 15.2. The van der Waals surface area contributed by atoms with E-state index in [9.17, 15) is 28.8 Å². The van der Waals surface area contributed by atoms with Gasteiger partial charge in [-0.15, -0.1) is 11.3 Å². The van der Waals surface area contributed by atoms with Gasteiger partial charge in [-0.05, 0) is 122 Å². The first-order valence-electron chi connectivity index (χ1n) is 24.9. The number of anilines is 4. The number of nitrogens with zero attached hydrogens (tertiary/aromatic N) is 4. The number of hydrogen-bond acceptors (Lipinski definition) is 12. The third-order valence-electron chi connectivity index (χ3n) is 13.2. The number of methoxy groups -OCH3 is 1. The molecule has 0 radical (unpaired) electrons. The second-order valence-electron chi connectivity index (χ2n) is 20.5. The molecule has 15 nitrogen and oxygen atoms in total. The number of carbonyl (C=O) groups is 4. The quantitative estimate of drug-likeness (QED) is 0.0327. The number of β-amino-alcohol motifs (C(OH)–C–C–N with tert-alkyl or cyclic N) is 1. The number of rotatable bonds is 22. The summed E-state index contributed by atoms with van der Waals surface area (Å²) >= 11 is 8.17. The molecule has 4 amide bonds. The van der Waals surface area contributed by atoms with E-state index in [0.29, 0.717) is 65.5 Å². The van der Waals surface area contributed by atoms with Crippen molar-refractivity contribution in [3.8, 4) is 16.2 Å². The van der Waals surface area contributed by atoms with Crippen molar-refractivity contribution in [2.75, 3.05) is 51.2 Å². The van der Waals surface area contributed by atoms with Crippen LogP contribution in [0.3, 0.4) is 0 Å². The van der Waals surface area contributed by atoms with Gasteiger partial charge in [0.1, 0.15) is 30.0 Å². The van der Waals surface area contributed by atoms with Crippen LogP contribution in [-0.4, -0.2) is 107 Å². The smallest absolute Gasteiger partial charge is 0.246 e. The molecule has 5 N–H and O–H groups in total. The first-order valence-corrected chi connectivity index (χ1v) is 28.7. The number of likely N-dealkylation sites (N-methyl/N-ethyl adjacent to an activating group) is 1. The molecule has 0 bridgehead atoms. The van der Waals surface area contributed by atoms with Crippen LogP contribution in [0.25, 0.3) is 10.4 Å². The van der Waals surface area contributed by atoms with E-state index in [0.717, 1.165) is 35.1 Å². The zero-order chi connectivity index (χ0) is 53.2. The maximum absolute atomic E-state index is 14.2. The SMILES string of the molecule is COc1cc(CCN(C)C(=O)CCCCCCC(=O)N[C@H](C(=O)N2C[C@H](O)C[C@@H]2C(=O)N[C@@H](C)c2ccc(-c3sccc3C)cc2)C(C)(C)C)c(C)cc1Nc1ncc(Cl)c(Nc2ccccc2P(C)(C)=O)n1. The summed E-state index contributed by atoms with van der Waals surface area (Å²) < 4.78 is 18.7. The molecule has 3 heterocycles. The van der Waals surface area contributed by atoms with E-state index >= 15 is 0 Å². The molecule has 1 fully saturated rings. The summed E-state index contributed by atoms with van der Waals surface area (Å²) in [7, 11) is 0.798. The van der Waals surface area contributed by atoms with Crippen LogP contribution < -0.4 is 31.3 Å². The molecule has 1 aliphatic rings. The number of para-hydroxylation sites is 1. The van der Waals surface area contributed by atoms with Crippen LogP contribution in [0.4, 0.5) is 23.1 Å². The number of likely N-dealkylation sites (tertiary alicyclic amines) is 1. The lowest BCUT2D eigenvalue weighted by Crippen LogP contribution is -2.57. The van der Waals surface area contributed by atoms with Crippen LogP contribution in [0.15, 0.2) is 78.3 Å². The highest BCUT2D eigenvalue weighted by Gasteiger charge is 2.44. The van der Waals surface area contributed by atoms with Crippen LogP contribution in [0, 0.1) is 19.3 Å². The molecular formula is C55H72ClN8O7PS. The molecule has 0 aliphatic carbocycles. The minimum Gasteiger partial charge on any atom is -0.495 e. The number of aliphatic hydroxyl groups is 1. The monoisotopic (exact) mass is 1050 g/mol. The lowest BCUT2D eigenvalue weighted by Gasteiger charge is -2.35. The molecular weight excluding hydrogens is 983 g/mol. The fourth-order valence-electron chi connectivity index (χ4n) is 8.94. The van der Waals surface area contributed by atoms with Gasteiger partial charge in [-0.2, -0.15) is 4.98 Å². The van der Waals surface area contributed by atoms with Crippen molar-refractivity contribution in [2.45, 2.75) is 117 Å². The van der Waals surface area contributed by atoms with Crippen molar-refractivity contribution >= 4 is 82.2 Å². The number of nitrogens with one attached hydrogen (secondary N) is 4. The molecule has 18 heteroatoms. The number of ether oxygens (including phenoxy) is 1. The summed E-state index contributed by atoms with van der Waals surface area (Å²) in [5, 5.41) is 26.2. The minimum absolute atomic E-state index is 0.000756.